The van der Waals surface area contributed by atoms with E-state index in [-0.39, 0.29) is 37.8 Å². The highest BCUT2D eigenvalue weighted by molar-refractivity contribution is 5.93. The summed E-state index contributed by atoms with van der Waals surface area (Å²) < 4.78 is 37.2. The summed E-state index contributed by atoms with van der Waals surface area (Å²) in [6.45, 7) is 3.73. The van der Waals surface area contributed by atoms with E-state index in [1.165, 1.54) is 0 Å². The standard InChI is InChI=1S/C16H19F3N2O2/c1-10-4-3-5-13(11(10)2)20-14(22)12-6-8-21(9-7-12)15(23)16(17,18)19/h3-5,12H,6-9H2,1-2H3,(H,20,22). The molecule has 1 N–H and O–H groups in total. The zero-order chi connectivity index (χ0) is 17.2. The Labute approximate surface area is 132 Å². The van der Waals surface area contributed by atoms with Crippen molar-refractivity contribution in [3.8, 4) is 0 Å². The normalized spacial score (nSPS) is 16.3. The Kier molecular flexibility index (Phi) is 4.97. The van der Waals surface area contributed by atoms with Gasteiger partial charge in [-0.2, -0.15) is 13.2 Å². The molecular formula is C16H19F3N2O2. The van der Waals surface area contributed by atoms with Gasteiger partial charge in [0.05, 0.1) is 0 Å². The number of benzene rings is 1. The van der Waals surface area contributed by atoms with E-state index >= 15 is 0 Å². The number of hydrogen-bond acceptors (Lipinski definition) is 2. The molecule has 1 saturated heterocycles. The molecule has 1 heterocycles. The molecule has 2 amide bonds. The van der Waals surface area contributed by atoms with Crippen LogP contribution in [0.3, 0.4) is 0 Å². The number of hydrogen-bond donors (Lipinski definition) is 1. The third kappa shape index (κ3) is 4.03. The molecule has 0 radical (unpaired) electrons. The van der Waals surface area contributed by atoms with Crippen LogP contribution in [0.4, 0.5) is 18.9 Å². The lowest BCUT2D eigenvalue weighted by atomic mass is 9.95. The van der Waals surface area contributed by atoms with Gasteiger partial charge in [0.25, 0.3) is 0 Å². The molecular weight excluding hydrogens is 309 g/mol. The van der Waals surface area contributed by atoms with Gasteiger partial charge >= 0.3 is 12.1 Å². The summed E-state index contributed by atoms with van der Waals surface area (Å²) in [7, 11) is 0. The second-order valence-corrected chi connectivity index (χ2v) is 5.80. The molecule has 0 aliphatic carbocycles. The molecule has 1 aliphatic rings. The summed E-state index contributed by atoms with van der Waals surface area (Å²) in [4.78, 5) is 24.2. The van der Waals surface area contributed by atoms with Crippen LogP contribution in [-0.2, 0) is 9.59 Å². The highest BCUT2D eigenvalue weighted by atomic mass is 19.4. The monoisotopic (exact) mass is 328 g/mol. The van der Waals surface area contributed by atoms with Crippen LogP contribution in [0.5, 0.6) is 0 Å². The molecule has 23 heavy (non-hydrogen) atoms. The van der Waals surface area contributed by atoms with Gasteiger partial charge in [-0.3, -0.25) is 9.59 Å². The number of piperidine rings is 1. The number of anilines is 1. The van der Waals surface area contributed by atoms with Crippen molar-refractivity contribution in [2.75, 3.05) is 18.4 Å². The van der Waals surface area contributed by atoms with Crippen LogP contribution in [-0.4, -0.2) is 36.0 Å². The van der Waals surface area contributed by atoms with E-state index in [9.17, 15) is 22.8 Å². The summed E-state index contributed by atoms with van der Waals surface area (Å²) in [6.07, 6.45) is -4.38. The van der Waals surface area contributed by atoms with Crippen molar-refractivity contribution in [2.24, 2.45) is 5.92 Å². The maximum absolute atomic E-state index is 12.4. The predicted octanol–water partition coefficient (Wildman–Crippen LogP) is 3.04. The fourth-order valence-electron chi connectivity index (χ4n) is 2.65. The molecule has 0 bridgehead atoms. The van der Waals surface area contributed by atoms with E-state index in [1.807, 2.05) is 26.0 Å². The van der Waals surface area contributed by atoms with Crippen LogP contribution in [0.2, 0.25) is 0 Å². The van der Waals surface area contributed by atoms with Crippen molar-refractivity contribution in [1.29, 1.82) is 0 Å². The Hall–Kier alpha value is -2.05. The molecule has 7 heteroatoms. The van der Waals surface area contributed by atoms with E-state index in [1.54, 1.807) is 6.07 Å². The number of alkyl halides is 3. The van der Waals surface area contributed by atoms with Crippen LogP contribution < -0.4 is 5.32 Å². The van der Waals surface area contributed by atoms with Gasteiger partial charge in [-0.05, 0) is 43.9 Å². The maximum Gasteiger partial charge on any atom is 0.471 e. The smallest absolute Gasteiger partial charge is 0.335 e. The molecule has 0 atom stereocenters. The molecule has 1 aliphatic heterocycles. The first kappa shape index (κ1) is 17.3. The number of amides is 2. The first-order valence-corrected chi connectivity index (χ1v) is 7.43. The SMILES string of the molecule is Cc1cccc(NC(=O)C2CCN(C(=O)C(F)(F)F)CC2)c1C. The predicted molar refractivity (Wildman–Crippen MR) is 79.9 cm³/mol. The second kappa shape index (κ2) is 6.60. The summed E-state index contributed by atoms with van der Waals surface area (Å²) in [6, 6.07) is 5.57. The Bertz CT molecular complexity index is 606. The van der Waals surface area contributed by atoms with Crippen LogP contribution in [0.25, 0.3) is 0 Å². The highest BCUT2D eigenvalue weighted by Crippen LogP contribution is 2.25. The lowest BCUT2D eigenvalue weighted by Gasteiger charge is -2.31. The number of carbonyl (C=O) groups excluding carboxylic acids is 2. The van der Waals surface area contributed by atoms with Crippen molar-refractivity contribution in [2.45, 2.75) is 32.9 Å². The van der Waals surface area contributed by atoms with E-state index in [0.717, 1.165) is 16.0 Å². The number of nitrogens with one attached hydrogen (secondary N) is 1. The minimum Gasteiger partial charge on any atom is -0.335 e. The average Bonchev–Trinajstić information content (AvgIpc) is 2.50. The van der Waals surface area contributed by atoms with Gasteiger partial charge < -0.3 is 10.2 Å². The van der Waals surface area contributed by atoms with Crippen LogP contribution in [0, 0.1) is 19.8 Å². The maximum atomic E-state index is 12.4. The van der Waals surface area contributed by atoms with Crippen molar-refractivity contribution in [3.05, 3.63) is 29.3 Å². The Morgan fingerprint density at radius 1 is 1.17 bits per heavy atom. The lowest BCUT2D eigenvalue weighted by Crippen LogP contribution is -2.46. The molecule has 0 aromatic heterocycles. The van der Waals surface area contributed by atoms with E-state index in [0.29, 0.717) is 5.69 Å². The van der Waals surface area contributed by atoms with Gasteiger partial charge in [-0.25, -0.2) is 0 Å². The zero-order valence-electron chi connectivity index (χ0n) is 13.0. The van der Waals surface area contributed by atoms with Crippen molar-refractivity contribution >= 4 is 17.5 Å². The summed E-state index contributed by atoms with van der Waals surface area (Å²) in [5.74, 6) is -2.42. The van der Waals surface area contributed by atoms with Crippen molar-refractivity contribution in [3.63, 3.8) is 0 Å². The third-order valence-electron chi connectivity index (χ3n) is 4.26. The Balaban J connectivity index is 1.94. The number of rotatable bonds is 2. The molecule has 4 nitrogen and oxygen atoms in total. The highest BCUT2D eigenvalue weighted by Gasteiger charge is 2.43. The molecule has 0 spiro atoms. The van der Waals surface area contributed by atoms with Crippen LogP contribution >= 0.6 is 0 Å². The lowest BCUT2D eigenvalue weighted by molar-refractivity contribution is -0.186. The first-order chi connectivity index (χ1) is 10.7. The van der Waals surface area contributed by atoms with E-state index in [4.69, 9.17) is 0 Å². The Morgan fingerprint density at radius 2 is 1.78 bits per heavy atom. The van der Waals surface area contributed by atoms with Gasteiger partial charge in [-0.15, -0.1) is 0 Å². The molecule has 1 fully saturated rings. The molecule has 2 rings (SSSR count). The van der Waals surface area contributed by atoms with E-state index < -0.39 is 12.1 Å². The van der Waals surface area contributed by atoms with E-state index in [2.05, 4.69) is 5.32 Å². The average molecular weight is 328 g/mol. The fraction of sp³-hybridized carbons (Fsp3) is 0.500. The number of nitrogens with zero attached hydrogens (tertiary/aromatic N) is 1. The number of likely N-dealkylation sites (tertiary alicyclic amines) is 1. The van der Waals surface area contributed by atoms with Crippen molar-refractivity contribution < 1.29 is 22.8 Å². The number of halogens is 3. The second-order valence-electron chi connectivity index (χ2n) is 5.80. The minimum atomic E-state index is -4.85. The molecule has 0 saturated carbocycles. The van der Waals surface area contributed by atoms with Gasteiger partial charge in [0.15, 0.2) is 0 Å². The molecule has 126 valence electrons. The third-order valence-corrected chi connectivity index (χ3v) is 4.26. The Morgan fingerprint density at radius 3 is 2.35 bits per heavy atom. The topological polar surface area (TPSA) is 49.4 Å². The summed E-state index contributed by atoms with van der Waals surface area (Å²) in [5.41, 5.74) is 2.72. The number of carbonyl (C=O) groups is 2. The fourth-order valence-corrected chi connectivity index (χ4v) is 2.65. The molecule has 0 unspecified atom stereocenters. The molecule has 1 aromatic rings. The zero-order valence-corrected chi connectivity index (χ0v) is 13.0. The van der Waals surface area contributed by atoms with Gasteiger partial charge in [-0.1, -0.05) is 12.1 Å². The summed E-state index contributed by atoms with van der Waals surface area (Å²) in [5, 5.41) is 2.83. The van der Waals surface area contributed by atoms with Gasteiger partial charge in [0.1, 0.15) is 0 Å². The van der Waals surface area contributed by atoms with Gasteiger partial charge in [0.2, 0.25) is 5.91 Å². The molecule has 1 aromatic carbocycles. The largest absolute Gasteiger partial charge is 0.471 e. The first-order valence-electron chi connectivity index (χ1n) is 7.43. The van der Waals surface area contributed by atoms with Crippen LogP contribution in [0.15, 0.2) is 18.2 Å². The summed E-state index contributed by atoms with van der Waals surface area (Å²) >= 11 is 0. The van der Waals surface area contributed by atoms with Crippen LogP contribution in [0.1, 0.15) is 24.0 Å². The quantitative estimate of drug-likeness (QED) is 0.907. The minimum absolute atomic E-state index is 0.0524. The number of aryl methyl sites for hydroxylation is 1. The van der Waals surface area contributed by atoms with Crippen molar-refractivity contribution in [1.82, 2.24) is 4.90 Å². The van der Waals surface area contributed by atoms with Gasteiger partial charge in [0, 0.05) is 24.7 Å².